The van der Waals surface area contributed by atoms with Crippen LogP contribution in [0.15, 0.2) is 60.9 Å². The molecule has 148 valence electrons. The molecule has 2 heterocycles. The first kappa shape index (κ1) is 19.4. The molecule has 0 saturated heterocycles. The fourth-order valence-electron chi connectivity index (χ4n) is 2.92. The van der Waals surface area contributed by atoms with E-state index in [1.54, 1.807) is 21.8 Å². The van der Waals surface area contributed by atoms with Gasteiger partial charge in [-0.15, -0.1) is 0 Å². The largest absolute Gasteiger partial charge is 0.483 e. The first-order valence-electron chi connectivity index (χ1n) is 9.13. The van der Waals surface area contributed by atoms with Crippen molar-refractivity contribution in [2.75, 3.05) is 18.1 Å². The molecule has 0 aliphatic carbocycles. The molecular weight excluding hydrogens is 408 g/mol. The number of rotatable bonds is 7. The number of aryl methyl sites for hydroxylation is 1. The highest BCUT2D eigenvalue weighted by Crippen LogP contribution is 2.33. The summed E-state index contributed by atoms with van der Waals surface area (Å²) in [7, 11) is 0. The molecule has 2 aromatic carbocycles. The van der Waals surface area contributed by atoms with Crippen LogP contribution in [-0.2, 0) is 11.3 Å². The minimum absolute atomic E-state index is 0.0758. The number of ether oxygens (including phenoxy) is 1. The molecule has 6 nitrogen and oxygen atoms in total. The van der Waals surface area contributed by atoms with Gasteiger partial charge in [-0.05, 0) is 36.8 Å². The van der Waals surface area contributed by atoms with Gasteiger partial charge >= 0.3 is 0 Å². The summed E-state index contributed by atoms with van der Waals surface area (Å²) >= 11 is 7.71. The van der Waals surface area contributed by atoms with Crippen LogP contribution >= 0.6 is 22.9 Å². The number of amides is 1. The van der Waals surface area contributed by atoms with Crippen LogP contribution < -0.4 is 9.64 Å². The molecule has 0 aliphatic heterocycles. The van der Waals surface area contributed by atoms with E-state index >= 15 is 0 Å². The average molecular weight is 427 g/mol. The highest BCUT2D eigenvalue weighted by atomic mass is 35.5. The summed E-state index contributed by atoms with van der Waals surface area (Å²) in [5, 5.41) is 5.38. The first-order valence-corrected chi connectivity index (χ1v) is 10.3. The number of hydrogen-bond acceptors (Lipinski definition) is 5. The zero-order chi connectivity index (χ0) is 20.2. The summed E-state index contributed by atoms with van der Waals surface area (Å²) in [4.78, 5) is 19.3. The smallest absolute Gasteiger partial charge is 0.266 e. The first-order chi connectivity index (χ1) is 14.1. The van der Waals surface area contributed by atoms with Gasteiger partial charge in [0.25, 0.3) is 5.91 Å². The molecule has 8 heteroatoms. The van der Waals surface area contributed by atoms with Crippen molar-refractivity contribution in [3.63, 3.8) is 0 Å². The Hall–Kier alpha value is -2.90. The number of thiazole rings is 1. The van der Waals surface area contributed by atoms with Crippen molar-refractivity contribution in [3.8, 4) is 5.75 Å². The molecule has 0 spiro atoms. The number of hydrogen-bond donors (Lipinski definition) is 0. The van der Waals surface area contributed by atoms with Crippen LogP contribution in [-0.4, -0.2) is 33.8 Å². The van der Waals surface area contributed by atoms with E-state index in [1.807, 2.05) is 55.6 Å². The number of aromatic nitrogens is 3. The van der Waals surface area contributed by atoms with E-state index in [4.69, 9.17) is 16.3 Å². The summed E-state index contributed by atoms with van der Waals surface area (Å²) in [5.74, 6) is 0.524. The molecule has 0 atom stereocenters. The quantitative estimate of drug-likeness (QED) is 0.434. The number of benzene rings is 2. The molecule has 0 fully saturated rings. The minimum atomic E-state index is -0.171. The van der Waals surface area contributed by atoms with Crippen LogP contribution in [0.25, 0.3) is 10.2 Å². The van der Waals surface area contributed by atoms with Gasteiger partial charge in [0, 0.05) is 18.9 Å². The summed E-state index contributed by atoms with van der Waals surface area (Å²) in [6.45, 7) is 2.85. The van der Waals surface area contributed by atoms with Gasteiger partial charge in [-0.1, -0.05) is 47.2 Å². The van der Waals surface area contributed by atoms with Crippen molar-refractivity contribution in [1.82, 2.24) is 14.8 Å². The van der Waals surface area contributed by atoms with Gasteiger partial charge < -0.3 is 4.74 Å². The third-order valence-electron chi connectivity index (χ3n) is 4.45. The van der Waals surface area contributed by atoms with Crippen molar-refractivity contribution in [3.05, 3.63) is 71.5 Å². The van der Waals surface area contributed by atoms with E-state index in [0.29, 0.717) is 34.5 Å². The Bertz CT molecular complexity index is 1130. The van der Waals surface area contributed by atoms with E-state index in [1.165, 1.54) is 11.3 Å². The lowest BCUT2D eigenvalue weighted by Gasteiger charge is -2.20. The van der Waals surface area contributed by atoms with Crippen molar-refractivity contribution < 1.29 is 9.53 Å². The maximum Gasteiger partial charge on any atom is 0.266 e. The van der Waals surface area contributed by atoms with Gasteiger partial charge in [-0.3, -0.25) is 14.4 Å². The summed E-state index contributed by atoms with van der Waals surface area (Å²) in [6, 6.07) is 15.1. The summed E-state index contributed by atoms with van der Waals surface area (Å²) < 4.78 is 8.49. The summed E-state index contributed by atoms with van der Waals surface area (Å²) in [5.41, 5.74) is 1.68. The lowest BCUT2D eigenvalue weighted by Crippen LogP contribution is -2.37. The molecule has 29 heavy (non-hydrogen) atoms. The molecular formula is C21H19ClN4O2S. The van der Waals surface area contributed by atoms with Gasteiger partial charge in [0.05, 0.1) is 16.3 Å². The maximum absolute atomic E-state index is 13.1. The molecule has 2 aromatic heterocycles. The number of nitrogens with zero attached hydrogens (tertiary/aromatic N) is 4. The standard InChI is InChI=1S/C21H19ClN4O2S/c1-15-6-2-3-8-17(15)28-14-19(27)26(13-12-25-11-5-10-23-25)21-24-20-16(22)7-4-9-18(20)29-21/h2-11H,12-14H2,1H3. The van der Waals surface area contributed by atoms with Crippen molar-refractivity contribution in [2.24, 2.45) is 0 Å². The van der Waals surface area contributed by atoms with Gasteiger partial charge in [-0.25, -0.2) is 4.98 Å². The Kier molecular flexibility index (Phi) is 5.78. The summed E-state index contributed by atoms with van der Waals surface area (Å²) in [6.07, 6.45) is 3.58. The van der Waals surface area contributed by atoms with Crippen LogP contribution in [0.2, 0.25) is 5.02 Å². The molecule has 0 radical (unpaired) electrons. The lowest BCUT2D eigenvalue weighted by molar-refractivity contribution is -0.120. The maximum atomic E-state index is 13.1. The molecule has 0 aliphatic rings. The lowest BCUT2D eigenvalue weighted by atomic mass is 10.2. The Morgan fingerprint density at radius 1 is 1.21 bits per heavy atom. The third-order valence-corrected chi connectivity index (χ3v) is 5.80. The molecule has 0 unspecified atom stereocenters. The van der Waals surface area contributed by atoms with Crippen molar-refractivity contribution >= 4 is 44.2 Å². The molecule has 4 rings (SSSR count). The van der Waals surface area contributed by atoms with Gasteiger partial charge in [0.2, 0.25) is 0 Å². The Balaban J connectivity index is 1.57. The number of carbonyl (C=O) groups is 1. The number of carbonyl (C=O) groups excluding carboxylic acids is 1. The van der Waals surface area contributed by atoms with Crippen LogP contribution in [0.1, 0.15) is 5.56 Å². The average Bonchev–Trinajstić information content (AvgIpc) is 3.38. The van der Waals surface area contributed by atoms with Crippen LogP contribution in [0.5, 0.6) is 5.75 Å². The van der Waals surface area contributed by atoms with Gasteiger partial charge in [-0.2, -0.15) is 5.10 Å². The topological polar surface area (TPSA) is 60.2 Å². The fraction of sp³-hybridized carbons (Fsp3) is 0.190. The molecule has 0 bridgehead atoms. The van der Waals surface area contributed by atoms with Crippen molar-refractivity contribution in [1.29, 1.82) is 0 Å². The van der Waals surface area contributed by atoms with Crippen LogP contribution in [0, 0.1) is 6.92 Å². The predicted molar refractivity (Wildman–Crippen MR) is 116 cm³/mol. The Labute approximate surface area is 177 Å². The third kappa shape index (κ3) is 4.41. The van der Waals surface area contributed by atoms with Crippen molar-refractivity contribution in [2.45, 2.75) is 13.5 Å². The Morgan fingerprint density at radius 3 is 2.83 bits per heavy atom. The van der Waals surface area contributed by atoms with Gasteiger partial charge in [0.15, 0.2) is 11.7 Å². The van der Waals surface area contributed by atoms with Gasteiger partial charge in [0.1, 0.15) is 11.3 Å². The van der Waals surface area contributed by atoms with E-state index in [-0.39, 0.29) is 12.5 Å². The van der Waals surface area contributed by atoms with E-state index < -0.39 is 0 Å². The molecule has 0 saturated carbocycles. The van der Waals surface area contributed by atoms with E-state index in [2.05, 4.69) is 10.1 Å². The normalized spacial score (nSPS) is 11.0. The van der Waals surface area contributed by atoms with Crippen LogP contribution in [0.3, 0.4) is 0 Å². The SMILES string of the molecule is Cc1ccccc1OCC(=O)N(CCn1cccn1)c1nc2c(Cl)cccc2s1. The predicted octanol–water partition coefficient (Wildman–Crippen LogP) is 4.57. The Morgan fingerprint density at radius 2 is 2.07 bits per heavy atom. The number of halogens is 1. The monoisotopic (exact) mass is 426 g/mol. The molecule has 4 aromatic rings. The van der Waals surface area contributed by atoms with Crippen LogP contribution in [0.4, 0.5) is 5.13 Å². The second-order valence-corrected chi connectivity index (χ2v) is 7.87. The minimum Gasteiger partial charge on any atom is -0.483 e. The second-order valence-electron chi connectivity index (χ2n) is 6.45. The molecule has 1 amide bonds. The number of para-hydroxylation sites is 2. The zero-order valence-electron chi connectivity index (χ0n) is 15.8. The fourth-order valence-corrected chi connectivity index (χ4v) is 4.23. The highest BCUT2D eigenvalue weighted by molar-refractivity contribution is 7.22. The highest BCUT2D eigenvalue weighted by Gasteiger charge is 2.21. The van der Waals surface area contributed by atoms with E-state index in [0.717, 1.165) is 10.3 Å². The number of fused-ring (bicyclic) bond motifs is 1. The van der Waals surface area contributed by atoms with E-state index in [9.17, 15) is 4.79 Å². The molecule has 0 N–H and O–H groups in total. The second kappa shape index (κ2) is 8.63. The number of anilines is 1. The zero-order valence-corrected chi connectivity index (χ0v) is 17.4.